The minimum Gasteiger partial charge on any atom is -0.314 e. The topological polar surface area (TPSA) is 18.5 Å². The number of rotatable bonds is 8. The van der Waals surface area contributed by atoms with Gasteiger partial charge in [0.05, 0.1) is 0 Å². The Bertz CT molecular complexity index is 220. The Morgan fingerprint density at radius 2 is 1.67 bits per heavy atom. The molecule has 108 valence electrons. The van der Waals surface area contributed by atoms with Crippen molar-refractivity contribution in [2.45, 2.75) is 45.6 Å². The predicted octanol–water partition coefficient (Wildman–Crippen LogP) is 2.04. The molecule has 0 heterocycles. The number of likely N-dealkylation sites (N-methyl/N-ethyl adjacent to an activating group) is 2. The van der Waals surface area contributed by atoms with Gasteiger partial charge in [-0.15, -0.1) is 0 Å². The first-order chi connectivity index (χ1) is 8.43. The Kier molecular flexibility index (Phi) is 6.61. The maximum absolute atomic E-state index is 3.66. The molecule has 3 heteroatoms. The van der Waals surface area contributed by atoms with Crippen LogP contribution in [0.3, 0.4) is 0 Å². The van der Waals surface area contributed by atoms with Crippen molar-refractivity contribution in [1.82, 2.24) is 15.1 Å². The Balaban J connectivity index is 2.41. The summed E-state index contributed by atoms with van der Waals surface area (Å²) in [6, 6.07) is 0.606. The van der Waals surface area contributed by atoms with Gasteiger partial charge in [0.1, 0.15) is 0 Å². The Labute approximate surface area is 114 Å². The Hall–Kier alpha value is -0.120. The highest BCUT2D eigenvalue weighted by atomic mass is 15.2. The van der Waals surface area contributed by atoms with E-state index >= 15 is 0 Å². The fourth-order valence-electron chi connectivity index (χ4n) is 2.96. The molecule has 1 saturated carbocycles. The average Bonchev–Trinajstić information content (AvgIpc) is 2.73. The van der Waals surface area contributed by atoms with Gasteiger partial charge < -0.3 is 15.1 Å². The molecule has 0 aromatic carbocycles. The molecule has 1 aliphatic rings. The van der Waals surface area contributed by atoms with Gasteiger partial charge in [-0.2, -0.15) is 0 Å². The van der Waals surface area contributed by atoms with Crippen molar-refractivity contribution < 1.29 is 0 Å². The number of hydrogen-bond acceptors (Lipinski definition) is 3. The van der Waals surface area contributed by atoms with Crippen molar-refractivity contribution in [3.05, 3.63) is 0 Å². The molecule has 0 atom stereocenters. The molecule has 0 aromatic rings. The molecule has 1 rings (SSSR count). The highest BCUT2D eigenvalue weighted by Gasteiger charge is 2.34. The van der Waals surface area contributed by atoms with Crippen molar-refractivity contribution in [3.63, 3.8) is 0 Å². The third kappa shape index (κ3) is 5.68. The standard InChI is InChI=1S/C15H33N3/c1-14(2)16-12-15(8-6-7-9-15)13-18(5)11-10-17(3)4/h14,16H,6-13H2,1-5H3. The summed E-state index contributed by atoms with van der Waals surface area (Å²) >= 11 is 0. The minimum absolute atomic E-state index is 0.533. The molecule has 0 spiro atoms. The number of nitrogens with one attached hydrogen (secondary N) is 1. The molecule has 0 unspecified atom stereocenters. The molecule has 0 aromatic heterocycles. The summed E-state index contributed by atoms with van der Waals surface area (Å²) in [6.07, 6.45) is 5.64. The average molecular weight is 255 g/mol. The van der Waals surface area contributed by atoms with Crippen molar-refractivity contribution in [2.24, 2.45) is 5.41 Å². The van der Waals surface area contributed by atoms with Crippen LogP contribution in [0.4, 0.5) is 0 Å². The van der Waals surface area contributed by atoms with E-state index in [1.54, 1.807) is 0 Å². The first kappa shape index (κ1) is 15.9. The summed E-state index contributed by atoms with van der Waals surface area (Å²) in [4.78, 5) is 4.79. The lowest BCUT2D eigenvalue weighted by atomic mass is 9.85. The minimum atomic E-state index is 0.533. The zero-order valence-corrected chi connectivity index (χ0v) is 13.1. The van der Waals surface area contributed by atoms with Crippen LogP contribution in [0.15, 0.2) is 0 Å². The van der Waals surface area contributed by atoms with Gasteiger partial charge in [0.25, 0.3) is 0 Å². The summed E-state index contributed by atoms with van der Waals surface area (Å²) in [5, 5.41) is 3.66. The van der Waals surface area contributed by atoms with Crippen LogP contribution in [-0.4, -0.2) is 63.2 Å². The Morgan fingerprint density at radius 3 is 2.17 bits per heavy atom. The molecule has 18 heavy (non-hydrogen) atoms. The maximum atomic E-state index is 3.66. The third-order valence-corrected chi connectivity index (χ3v) is 4.08. The van der Waals surface area contributed by atoms with Gasteiger partial charge in [0, 0.05) is 32.2 Å². The van der Waals surface area contributed by atoms with Crippen LogP contribution in [0, 0.1) is 5.41 Å². The first-order valence-corrected chi connectivity index (χ1v) is 7.50. The second-order valence-electron chi connectivity index (χ2n) is 6.78. The van der Waals surface area contributed by atoms with E-state index in [1.807, 2.05) is 0 Å². The molecule has 1 N–H and O–H groups in total. The summed E-state index contributed by atoms with van der Waals surface area (Å²) in [6.45, 7) is 9.27. The lowest BCUT2D eigenvalue weighted by Crippen LogP contribution is -2.44. The summed E-state index contributed by atoms with van der Waals surface area (Å²) < 4.78 is 0. The van der Waals surface area contributed by atoms with E-state index in [2.05, 4.69) is 50.1 Å². The monoisotopic (exact) mass is 255 g/mol. The van der Waals surface area contributed by atoms with Crippen LogP contribution in [0.5, 0.6) is 0 Å². The van der Waals surface area contributed by atoms with Crippen LogP contribution < -0.4 is 5.32 Å². The summed E-state index contributed by atoms with van der Waals surface area (Å²) in [5.74, 6) is 0. The van der Waals surface area contributed by atoms with Gasteiger partial charge in [-0.05, 0) is 39.4 Å². The lowest BCUT2D eigenvalue weighted by Gasteiger charge is -2.35. The highest BCUT2D eigenvalue weighted by molar-refractivity contribution is 4.89. The zero-order valence-electron chi connectivity index (χ0n) is 13.1. The zero-order chi connectivity index (χ0) is 13.6. The van der Waals surface area contributed by atoms with E-state index < -0.39 is 0 Å². The summed E-state index contributed by atoms with van der Waals surface area (Å²) in [7, 11) is 6.58. The van der Waals surface area contributed by atoms with E-state index in [-0.39, 0.29) is 0 Å². The Morgan fingerprint density at radius 1 is 1.06 bits per heavy atom. The predicted molar refractivity (Wildman–Crippen MR) is 80.1 cm³/mol. The fourth-order valence-corrected chi connectivity index (χ4v) is 2.96. The first-order valence-electron chi connectivity index (χ1n) is 7.50. The van der Waals surface area contributed by atoms with Crippen LogP contribution in [-0.2, 0) is 0 Å². The van der Waals surface area contributed by atoms with Gasteiger partial charge in [-0.3, -0.25) is 0 Å². The van der Waals surface area contributed by atoms with Crippen molar-refractivity contribution in [1.29, 1.82) is 0 Å². The molecule has 0 radical (unpaired) electrons. The van der Waals surface area contributed by atoms with E-state index in [4.69, 9.17) is 0 Å². The number of hydrogen-bond donors (Lipinski definition) is 1. The quantitative estimate of drug-likeness (QED) is 0.716. The van der Waals surface area contributed by atoms with E-state index in [0.717, 1.165) is 6.54 Å². The van der Waals surface area contributed by atoms with Gasteiger partial charge in [0.15, 0.2) is 0 Å². The smallest absolute Gasteiger partial charge is 0.0106 e. The molecule has 1 aliphatic carbocycles. The molecular weight excluding hydrogens is 222 g/mol. The van der Waals surface area contributed by atoms with E-state index in [1.165, 1.54) is 45.3 Å². The summed E-state index contributed by atoms with van der Waals surface area (Å²) in [5.41, 5.74) is 0.533. The SMILES string of the molecule is CC(C)NCC1(CN(C)CCN(C)C)CCCC1. The molecule has 0 saturated heterocycles. The van der Waals surface area contributed by atoms with Gasteiger partial charge >= 0.3 is 0 Å². The van der Waals surface area contributed by atoms with Gasteiger partial charge in [-0.25, -0.2) is 0 Å². The van der Waals surface area contributed by atoms with Crippen molar-refractivity contribution >= 4 is 0 Å². The molecule has 1 fully saturated rings. The number of nitrogens with zero attached hydrogens (tertiary/aromatic N) is 2. The fraction of sp³-hybridized carbons (Fsp3) is 1.00. The third-order valence-electron chi connectivity index (χ3n) is 4.08. The molecule has 0 bridgehead atoms. The molecule has 0 aliphatic heterocycles. The van der Waals surface area contributed by atoms with Crippen molar-refractivity contribution in [3.8, 4) is 0 Å². The van der Waals surface area contributed by atoms with Crippen LogP contribution in [0.25, 0.3) is 0 Å². The lowest BCUT2D eigenvalue weighted by molar-refractivity contribution is 0.161. The van der Waals surface area contributed by atoms with Crippen LogP contribution >= 0.6 is 0 Å². The van der Waals surface area contributed by atoms with Gasteiger partial charge in [-0.1, -0.05) is 26.7 Å². The molecule has 0 amide bonds. The van der Waals surface area contributed by atoms with Gasteiger partial charge in [0.2, 0.25) is 0 Å². The normalized spacial score (nSPS) is 19.3. The highest BCUT2D eigenvalue weighted by Crippen LogP contribution is 2.38. The van der Waals surface area contributed by atoms with E-state index in [0.29, 0.717) is 11.5 Å². The van der Waals surface area contributed by atoms with Crippen molar-refractivity contribution in [2.75, 3.05) is 47.3 Å². The second kappa shape index (κ2) is 7.46. The van der Waals surface area contributed by atoms with E-state index in [9.17, 15) is 0 Å². The largest absolute Gasteiger partial charge is 0.314 e. The second-order valence-corrected chi connectivity index (χ2v) is 6.78. The van der Waals surface area contributed by atoms with Crippen LogP contribution in [0.1, 0.15) is 39.5 Å². The maximum Gasteiger partial charge on any atom is 0.0106 e. The molecular formula is C15H33N3. The van der Waals surface area contributed by atoms with Crippen LogP contribution in [0.2, 0.25) is 0 Å². The molecule has 3 nitrogen and oxygen atoms in total.